The fraction of sp³-hybridized carbons (Fsp3) is 0.0357. The van der Waals surface area contributed by atoms with Crippen molar-refractivity contribution in [3.8, 4) is 22.9 Å². The Balaban J connectivity index is 0.998. The van der Waals surface area contributed by atoms with Gasteiger partial charge in [-0.1, -0.05) is 109 Å². The summed E-state index contributed by atoms with van der Waals surface area (Å²) in [5, 5.41) is 8.07. The molecule has 5 aromatic heterocycles. The van der Waals surface area contributed by atoms with E-state index in [2.05, 4.69) is 202 Å². The lowest BCUT2D eigenvalue weighted by atomic mass is 9.68. The molecule has 1 atom stereocenters. The summed E-state index contributed by atoms with van der Waals surface area (Å²) in [6.45, 7) is 2.35. The SMILES string of the molecule is CC1(c2ccccc2)c2ccc(Oc3ccc4c(c3)c3nc5ccccc5n3c3c4ccc4c3c3ccccc3n4-c3ccccc3)cc2-n2c3ncccc3c3cccc1c32. The highest BCUT2D eigenvalue weighted by atomic mass is 16.5. The first kappa shape index (κ1) is 33.6. The molecule has 6 heteroatoms. The average Bonchev–Trinajstić information content (AvgIpc) is 4.00. The minimum absolute atomic E-state index is 0.407. The van der Waals surface area contributed by atoms with Crippen molar-refractivity contribution in [2.24, 2.45) is 0 Å². The first-order valence-corrected chi connectivity index (χ1v) is 21.2. The van der Waals surface area contributed by atoms with E-state index < -0.39 is 5.41 Å². The van der Waals surface area contributed by atoms with Crippen molar-refractivity contribution in [1.29, 1.82) is 0 Å². The van der Waals surface area contributed by atoms with Crippen LogP contribution in [0.4, 0.5) is 0 Å². The zero-order valence-corrected chi connectivity index (χ0v) is 33.6. The maximum atomic E-state index is 6.94. The summed E-state index contributed by atoms with van der Waals surface area (Å²) in [6, 6.07) is 67.2. The molecule has 1 unspecified atom stereocenters. The van der Waals surface area contributed by atoms with Crippen LogP contribution in [-0.2, 0) is 5.41 Å². The van der Waals surface area contributed by atoms with Gasteiger partial charge >= 0.3 is 0 Å². The standard InChI is InChI=1S/C56H35N5O/c1-56(34-14-4-2-5-15-34)44-29-26-37(33-50(44)61-52-39(19-12-21-45(52)56)41-20-13-31-57-54(41)61)62-36-25-27-38-40-28-30-49-51(42-18-8-10-23-47(42)59(49)35-16-6-3-7-17-35)53(40)60-48-24-11-9-22-46(48)58-55(60)43(38)32-36/h2-33H,1H3. The number of pyridine rings is 2. The van der Waals surface area contributed by atoms with Crippen LogP contribution in [0.3, 0.4) is 0 Å². The Morgan fingerprint density at radius 3 is 2.06 bits per heavy atom. The van der Waals surface area contributed by atoms with Crippen molar-refractivity contribution >= 4 is 82.1 Å². The first-order chi connectivity index (χ1) is 30.6. The Morgan fingerprint density at radius 2 is 1.18 bits per heavy atom. The first-order valence-electron chi connectivity index (χ1n) is 21.2. The predicted molar refractivity (Wildman–Crippen MR) is 253 cm³/mol. The average molecular weight is 794 g/mol. The molecule has 62 heavy (non-hydrogen) atoms. The van der Waals surface area contributed by atoms with Crippen LogP contribution in [0.5, 0.6) is 11.5 Å². The van der Waals surface area contributed by atoms with Gasteiger partial charge in [-0.15, -0.1) is 0 Å². The third kappa shape index (κ3) is 4.32. The fourth-order valence-electron chi connectivity index (χ4n) is 10.9. The zero-order valence-electron chi connectivity index (χ0n) is 33.6. The van der Waals surface area contributed by atoms with Gasteiger partial charge in [-0.2, -0.15) is 0 Å². The molecule has 0 fully saturated rings. The van der Waals surface area contributed by atoms with Crippen molar-refractivity contribution < 1.29 is 4.74 Å². The van der Waals surface area contributed by atoms with E-state index in [1.807, 2.05) is 12.3 Å². The summed E-state index contributed by atoms with van der Waals surface area (Å²) >= 11 is 0. The predicted octanol–water partition coefficient (Wildman–Crippen LogP) is 13.8. The quantitative estimate of drug-likeness (QED) is 0.167. The molecule has 13 aromatic rings. The van der Waals surface area contributed by atoms with Crippen LogP contribution in [0, 0.1) is 0 Å². The van der Waals surface area contributed by atoms with Gasteiger partial charge in [0.25, 0.3) is 0 Å². The van der Waals surface area contributed by atoms with E-state index in [-0.39, 0.29) is 0 Å². The van der Waals surface area contributed by atoms with E-state index in [9.17, 15) is 0 Å². The zero-order chi connectivity index (χ0) is 40.7. The molecule has 0 saturated heterocycles. The molecule has 6 nitrogen and oxygen atoms in total. The molecule has 0 spiro atoms. The summed E-state index contributed by atoms with van der Waals surface area (Å²) < 4.78 is 14.0. The summed E-state index contributed by atoms with van der Waals surface area (Å²) in [5.74, 6) is 1.50. The lowest BCUT2D eigenvalue weighted by Crippen LogP contribution is -2.31. The molecule has 1 aliphatic heterocycles. The van der Waals surface area contributed by atoms with Crippen LogP contribution in [0.15, 0.2) is 194 Å². The molecule has 8 aromatic carbocycles. The van der Waals surface area contributed by atoms with Gasteiger partial charge in [0.15, 0.2) is 0 Å². The molecule has 290 valence electrons. The van der Waals surface area contributed by atoms with E-state index in [1.165, 1.54) is 43.9 Å². The number of hydrogen-bond donors (Lipinski definition) is 0. The molecule has 0 radical (unpaired) electrons. The minimum atomic E-state index is -0.407. The lowest BCUT2D eigenvalue weighted by Gasteiger charge is -2.38. The number of imidazole rings is 1. The van der Waals surface area contributed by atoms with Gasteiger partial charge in [0.2, 0.25) is 0 Å². The van der Waals surface area contributed by atoms with Crippen molar-refractivity contribution in [2.75, 3.05) is 0 Å². The topological polar surface area (TPSA) is 49.3 Å². The smallest absolute Gasteiger partial charge is 0.146 e. The molecule has 0 N–H and O–H groups in total. The maximum absolute atomic E-state index is 6.94. The second-order valence-corrected chi connectivity index (χ2v) is 16.7. The maximum Gasteiger partial charge on any atom is 0.146 e. The van der Waals surface area contributed by atoms with Gasteiger partial charge in [-0.25, -0.2) is 9.97 Å². The van der Waals surface area contributed by atoms with Crippen LogP contribution in [0.2, 0.25) is 0 Å². The fourth-order valence-corrected chi connectivity index (χ4v) is 10.9. The van der Waals surface area contributed by atoms with Crippen molar-refractivity contribution in [3.63, 3.8) is 0 Å². The van der Waals surface area contributed by atoms with E-state index in [0.29, 0.717) is 0 Å². The second-order valence-electron chi connectivity index (χ2n) is 16.7. The highest BCUT2D eigenvalue weighted by Gasteiger charge is 2.40. The summed E-state index contributed by atoms with van der Waals surface area (Å²) in [6.07, 6.45) is 1.89. The van der Waals surface area contributed by atoms with Gasteiger partial charge in [-0.05, 0) is 102 Å². The summed E-state index contributed by atoms with van der Waals surface area (Å²) in [4.78, 5) is 10.3. The number of hydrogen-bond acceptors (Lipinski definition) is 3. The van der Waals surface area contributed by atoms with Crippen LogP contribution in [-0.4, -0.2) is 23.5 Å². The number of nitrogens with zero attached hydrogens (tertiary/aromatic N) is 5. The lowest BCUT2D eigenvalue weighted by molar-refractivity contribution is 0.482. The Bertz CT molecular complexity index is 4030. The number of aromatic nitrogens is 5. The Hall–Kier alpha value is -8.22. The van der Waals surface area contributed by atoms with Crippen molar-refractivity contribution in [2.45, 2.75) is 12.3 Å². The normalized spacial score (nSPS) is 14.9. The van der Waals surface area contributed by atoms with Crippen LogP contribution in [0.25, 0.3) is 93.5 Å². The molecular weight excluding hydrogens is 759 g/mol. The Morgan fingerprint density at radius 1 is 0.468 bits per heavy atom. The third-order valence-corrected chi connectivity index (χ3v) is 13.6. The molecule has 1 aliphatic rings. The number of fused-ring (bicyclic) bond motifs is 17. The number of rotatable bonds is 4. The third-order valence-electron chi connectivity index (χ3n) is 13.6. The minimum Gasteiger partial charge on any atom is -0.457 e. The Labute approximate surface area is 355 Å². The van der Waals surface area contributed by atoms with Gasteiger partial charge < -0.3 is 9.30 Å². The van der Waals surface area contributed by atoms with Crippen LogP contribution in [0.1, 0.15) is 23.6 Å². The van der Waals surface area contributed by atoms with E-state index in [4.69, 9.17) is 14.7 Å². The highest BCUT2D eigenvalue weighted by molar-refractivity contribution is 6.27. The van der Waals surface area contributed by atoms with Crippen molar-refractivity contribution in [3.05, 3.63) is 211 Å². The Kier molecular flexibility index (Phi) is 6.60. The van der Waals surface area contributed by atoms with Gasteiger partial charge in [0.1, 0.15) is 22.8 Å². The molecular formula is C56H35N5O. The van der Waals surface area contributed by atoms with Crippen LogP contribution < -0.4 is 4.74 Å². The molecule has 0 bridgehead atoms. The largest absolute Gasteiger partial charge is 0.457 e. The molecule has 14 rings (SSSR count). The number of benzene rings is 8. The van der Waals surface area contributed by atoms with E-state index in [1.54, 1.807) is 0 Å². The molecule has 0 saturated carbocycles. The summed E-state index contributed by atoms with van der Waals surface area (Å²) in [7, 11) is 0. The van der Waals surface area contributed by atoms with E-state index >= 15 is 0 Å². The monoisotopic (exact) mass is 793 g/mol. The van der Waals surface area contributed by atoms with E-state index in [0.717, 1.165) is 77.8 Å². The van der Waals surface area contributed by atoms with Gasteiger partial charge in [0, 0.05) is 55.7 Å². The molecule has 0 amide bonds. The number of para-hydroxylation sites is 5. The summed E-state index contributed by atoms with van der Waals surface area (Å²) in [5.41, 5.74) is 14.0. The van der Waals surface area contributed by atoms with Crippen LogP contribution >= 0.6 is 0 Å². The number of ether oxygens (including phenoxy) is 1. The van der Waals surface area contributed by atoms with Gasteiger partial charge in [-0.3, -0.25) is 8.97 Å². The molecule has 0 aliphatic carbocycles. The van der Waals surface area contributed by atoms with Gasteiger partial charge in [0.05, 0.1) is 38.8 Å². The second kappa shape index (κ2) is 12.2. The highest BCUT2D eigenvalue weighted by Crippen LogP contribution is 2.51. The van der Waals surface area contributed by atoms with Crippen molar-refractivity contribution in [1.82, 2.24) is 23.5 Å². The molecule has 6 heterocycles.